The molecule has 0 spiro atoms. The van der Waals surface area contributed by atoms with Gasteiger partial charge in [-0.2, -0.15) is 5.10 Å². The van der Waals surface area contributed by atoms with Crippen LogP contribution in [0.2, 0.25) is 0 Å². The van der Waals surface area contributed by atoms with Gasteiger partial charge in [0.15, 0.2) is 0 Å². The molecule has 90 valence electrons. The van der Waals surface area contributed by atoms with Gasteiger partial charge in [-0.05, 0) is 19.9 Å². The maximum atomic E-state index is 4.22. The third-order valence-electron chi connectivity index (χ3n) is 3.34. The van der Waals surface area contributed by atoms with Crippen molar-refractivity contribution < 1.29 is 0 Å². The molecule has 2 heterocycles. The first kappa shape index (κ1) is 11.6. The van der Waals surface area contributed by atoms with Gasteiger partial charge in [0.05, 0.1) is 6.54 Å². The summed E-state index contributed by atoms with van der Waals surface area (Å²) in [5.74, 6) is 0. The van der Waals surface area contributed by atoms with E-state index in [2.05, 4.69) is 28.7 Å². The Bertz CT molecular complexity index is 286. The molecule has 1 fully saturated rings. The standard InChI is InChI=1S/C12H22N4/c1-12(2)15-9-6-14(7-10-15)8-11-16-5-3-4-13-16/h3-5,12H,6-11H2,1-2H3. The maximum absolute atomic E-state index is 4.22. The molecule has 1 aromatic rings. The van der Waals surface area contributed by atoms with E-state index >= 15 is 0 Å². The summed E-state index contributed by atoms with van der Waals surface area (Å²) in [6.45, 7) is 11.5. The van der Waals surface area contributed by atoms with E-state index in [0.29, 0.717) is 6.04 Å². The molecule has 4 nitrogen and oxygen atoms in total. The van der Waals surface area contributed by atoms with Gasteiger partial charge >= 0.3 is 0 Å². The van der Waals surface area contributed by atoms with Crippen molar-refractivity contribution in [1.29, 1.82) is 0 Å². The number of rotatable bonds is 4. The average molecular weight is 222 g/mol. The zero-order valence-corrected chi connectivity index (χ0v) is 10.3. The molecule has 0 saturated carbocycles. The molecular weight excluding hydrogens is 200 g/mol. The predicted molar refractivity (Wildman–Crippen MR) is 65.4 cm³/mol. The van der Waals surface area contributed by atoms with Crippen LogP contribution in [-0.2, 0) is 6.54 Å². The Labute approximate surface area is 97.8 Å². The molecule has 0 amide bonds. The highest BCUT2D eigenvalue weighted by atomic mass is 15.3. The van der Waals surface area contributed by atoms with Crippen molar-refractivity contribution in [3.05, 3.63) is 18.5 Å². The first-order valence-electron chi connectivity index (χ1n) is 6.19. The summed E-state index contributed by atoms with van der Waals surface area (Å²) < 4.78 is 2.01. The van der Waals surface area contributed by atoms with E-state index in [9.17, 15) is 0 Å². The Morgan fingerprint density at radius 2 is 1.88 bits per heavy atom. The summed E-state index contributed by atoms with van der Waals surface area (Å²) in [6, 6.07) is 2.67. The highest BCUT2D eigenvalue weighted by molar-refractivity contribution is 4.79. The highest BCUT2D eigenvalue weighted by Crippen LogP contribution is 2.05. The van der Waals surface area contributed by atoms with Crippen LogP contribution in [0.15, 0.2) is 18.5 Å². The van der Waals surface area contributed by atoms with Crippen LogP contribution in [0, 0.1) is 0 Å². The number of hydrogen-bond acceptors (Lipinski definition) is 3. The van der Waals surface area contributed by atoms with E-state index in [1.807, 2.05) is 23.1 Å². The molecule has 0 N–H and O–H groups in total. The lowest BCUT2D eigenvalue weighted by Crippen LogP contribution is -2.49. The van der Waals surface area contributed by atoms with Crippen LogP contribution in [0.5, 0.6) is 0 Å². The minimum absolute atomic E-state index is 0.688. The van der Waals surface area contributed by atoms with Crippen LogP contribution in [0.1, 0.15) is 13.8 Å². The van der Waals surface area contributed by atoms with Gasteiger partial charge in [-0.3, -0.25) is 14.5 Å². The minimum Gasteiger partial charge on any atom is -0.299 e. The van der Waals surface area contributed by atoms with E-state index in [-0.39, 0.29) is 0 Å². The van der Waals surface area contributed by atoms with Crippen LogP contribution < -0.4 is 0 Å². The average Bonchev–Trinajstić information content (AvgIpc) is 2.80. The molecule has 0 bridgehead atoms. The molecule has 1 aromatic heterocycles. The molecule has 0 aromatic carbocycles. The van der Waals surface area contributed by atoms with Gasteiger partial charge in [0.25, 0.3) is 0 Å². The first-order chi connectivity index (χ1) is 7.75. The molecule has 1 aliphatic heterocycles. The Kier molecular flexibility index (Phi) is 3.96. The Balaban J connectivity index is 1.69. The molecular formula is C12H22N4. The molecule has 4 heteroatoms. The van der Waals surface area contributed by atoms with Crippen LogP contribution in [-0.4, -0.2) is 58.3 Å². The van der Waals surface area contributed by atoms with Gasteiger partial charge in [-0.25, -0.2) is 0 Å². The van der Waals surface area contributed by atoms with E-state index in [4.69, 9.17) is 0 Å². The number of nitrogens with zero attached hydrogens (tertiary/aromatic N) is 4. The van der Waals surface area contributed by atoms with Crippen molar-refractivity contribution >= 4 is 0 Å². The second-order valence-electron chi connectivity index (χ2n) is 4.74. The SMILES string of the molecule is CC(C)N1CCN(CCn2cccn2)CC1. The zero-order chi connectivity index (χ0) is 11.4. The fourth-order valence-electron chi connectivity index (χ4n) is 2.18. The van der Waals surface area contributed by atoms with Crippen LogP contribution in [0.25, 0.3) is 0 Å². The fraction of sp³-hybridized carbons (Fsp3) is 0.750. The van der Waals surface area contributed by atoms with Gasteiger partial charge in [0.1, 0.15) is 0 Å². The molecule has 2 rings (SSSR count). The number of hydrogen-bond donors (Lipinski definition) is 0. The smallest absolute Gasteiger partial charge is 0.0536 e. The molecule has 0 radical (unpaired) electrons. The lowest BCUT2D eigenvalue weighted by atomic mass is 10.2. The highest BCUT2D eigenvalue weighted by Gasteiger charge is 2.18. The first-order valence-corrected chi connectivity index (χ1v) is 6.19. The van der Waals surface area contributed by atoms with Gasteiger partial charge in [0.2, 0.25) is 0 Å². The number of piperazine rings is 1. The summed E-state index contributed by atoms with van der Waals surface area (Å²) in [5, 5.41) is 4.22. The summed E-state index contributed by atoms with van der Waals surface area (Å²) >= 11 is 0. The number of aromatic nitrogens is 2. The van der Waals surface area contributed by atoms with Crippen molar-refractivity contribution in [2.45, 2.75) is 26.4 Å². The lowest BCUT2D eigenvalue weighted by Gasteiger charge is -2.36. The second-order valence-corrected chi connectivity index (χ2v) is 4.74. The van der Waals surface area contributed by atoms with Crippen molar-refractivity contribution in [3.8, 4) is 0 Å². The van der Waals surface area contributed by atoms with E-state index in [1.165, 1.54) is 26.2 Å². The van der Waals surface area contributed by atoms with Gasteiger partial charge in [-0.1, -0.05) is 0 Å². The van der Waals surface area contributed by atoms with Crippen molar-refractivity contribution in [2.75, 3.05) is 32.7 Å². The molecule has 0 aliphatic carbocycles. The fourth-order valence-corrected chi connectivity index (χ4v) is 2.18. The second kappa shape index (κ2) is 5.46. The quantitative estimate of drug-likeness (QED) is 0.757. The third-order valence-corrected chi connectivity index (χ3v) is 3.34. The summed E-state index contributed by atoms with van der Waals surface area (Å²) in [6.07, 6.45) is 3.88. The zero-order valence-electron chi connectivity index (χ0n) is 10.3. The monoisotopic (exact) mass is 222 g/mol. The molecule has 0 unspecified atom stereocenters. The maximum Gasteiger partial charge on any atom is 0.0536 e. The summed E-state index contributed by atoms with van der Waals surface area (Å²) in [5.41, 5.74) is 0. The molecule has 0 atom stereocenters. The van der Waals surface area contributed by atoms with Gasteiger partial charge < -0.3 is 0 Å². The van der Waals surface area contributed by atoms with Gasteiger partial charge in [0, 0.05) is 51.2 Å². The Morgan fingerprint density at radius 3 is 2.44 bits per heavy atom. The van der Waals surface area contributed by atoms with Crippen molar-refractivity contribution in [3.63, 3.8) is 0 Å². The predicted octanol–water partition coefficient (Wildman–Crippen LogP) is 0.909. The largest absolute Gasteiger partial charge is 0.299 e. The molecule has 16 heavy (non-hydrogen) atoms. The normalized spacial score (nSPS) is 19.4. The van der Waals surface area contributed by atoms with Crippen molar-refractivity contribution in [2.24, 2.45) is 0 Å². The van der Waals surface area contributed by atoms with Crippen LogP contribution in [0.3, 0.4) is 0 Å². The van der Waals surface area contributed by atoms with Crippen LogP contribution >= 0.6 is 0 Å². The molecule has 1 saturated heterocycles. The minimum atomic E-state index is 0.688. The van der Waals surface area contributed by atoms with E-state index < -0.39 is 0 Å². The molecule has 1 aliphatic rings. The Morgan fingerprint density at radius 1 is 1.12 bits per heavy atom. The Hall–Kier alpha value is -0.870. The van der Waals surface area contributed by atoms with Gasteiger partial charge in [-0.15, -0.1) is 0 Å². The summed E-state index contributed by atoms with van der Waals surface area (Å²) in [4.78, 5) is 5.07. The third kappa shape index (κ3) is 3.06. The topological polar surface area (TPSA) is 24.3 Å². The lowest BCUT2D eigenvalue weighted by molar-refractivity contribution is 0.105. The van der Waals surface area contributed by atoms with Crippen LogP contribution in [0.4, 0.5) is 0 Å². The summed E-state index contributed by atoms with van der Waals surface area (Å²) in [7, 11) is 0. The van der Waals surface area contributed by atoms with Crippen molar-refractivity contribution in [1.82, 2.24) is 19.6 Å². The van der Waals surface area contributed by atoms with E-state index in [1.54, 1.807) is 0 Å². The van der Waals surface area contributed by atoms with E-state index in [0.717, 1.165) is 13.1 Å².